The molecule has 0 aliphatic heterocycles. The zero-order valence-corrected chi connectivity index (χ0v) is 13.9. The Morgan fingerprint density at radius 1 is 1.24 bits per heavy atom. The van der Waals surface area contributed by atoms with Crippen LogP contribution in [0.3, 0.4) is 0 Å². The predicted octanol–water partition coefficient (Wildman–Crippen LogP) is 3.22. The summed E-state index contributed by atoms with van der Waals surface area (Å²) in [6.45, 7) is 9.70. The molecule has 5 nitrogen and oxygen atoms in total. The second kappa shape index (κ2) is 6.85. The second-order valence-electron chi connectivity index (χ2n) is 5.14. The molecule has 0 atom stereocenters. The van der Waals surface area contributed by atoms with Gasteiger partial charge >= 0.3 is 0 Å². The third kappa shape index (κ3) is 3.32. The van der Waals surface area contributed by atoms with E-state index in [0.29, 0.717) is 10.6 Å². The summed E-state index contributed by atoms with van der Waals surface area (Å²) in [5.41, 5.74) is 2.67. The maximum atomic E-state index is 12.7. The molecule has 114 valence electrons. The van der Waals surface area contributed by atoms with Crippen LogP contribution in [0.1, 0.15) is 37.9 Å². The van der Waals surface area contributed by atoms with Crippen LogP contribution in [0.2, 0.25) is 0 Å². The second-order valence-corrected chi connectivity index (χ2v) is 6.12. The molecule has 0 aromatic carbocycles. The van der Waals surface area contributed by atoms with E-state index in [9.17, 15) is 4.79 Å². The molecule has 0 fully saturated rings. The van der Waals surface area contributed by atoms with Crippen molar-refractivity contribution in [1.82, 2.24) is 14.8 Å². The van der Waals surface area contributed by atoms with Crippen LogP contribution in [0.5, 0.6) is 0 Å². The van der Waals surface area contributed by atoms with Gasteiger partial charge in [0.15, 0.2) is 5.01 Å². The van der Waals surface area contributed by atoms with Crippen molar-refractivity contribution in [1.29, 1.82) is 0 Å². The van der Waals surface area contributed by atoms with E-state index >= 15 is 0 Å². The lowest BCUT2D eigenvalue weighted by molar-refractivity contribution is 0.635. The first-order chi connectivity index (χ1) is 10.1. The summed E-state index contributed by atoms with van der Waals surface area (Å²) in [5.74, 6) is 0. The molecule has 2 aromatic rings. The van der Waals surface area contributed by atoms with Crippen molar-refractivity contribution < 1.29 is 0 Å². The fourth-order valence-corrected chi connectivity index (χ4v) is 3.19. The van der Waals surface area contributed by atoms with Crippen LogP contribution in [0.25, 0.3) is 10.6 Å². The number of pyridine rings is 1. The summed E-state index contributed by atoms with van der Waals surface area (Å²) in [6.07, 6.45) is 1.96. The minimum Gasteiger partial charge on any atom is -0.360 e. The minimum atomic E-state index is 0.0348. The van der Waals surface area contributed by atoms with Gasteiger partial charge in [-0.15, -0.1) is 10.2 Å². The van der Waals surface area contributed by atoms with Crippen molar-refractivity contribution >= 4 is 16.5 Å². The van der Waals surface area contributed by atoms with Crippen LogP contribution in [0.4, 0.5) is 5.13 Å². The largest absolute Gasteiger partial charge is 0.360 e. The van der Waals surface area contributed by atoms with Crippen molar-refractivity contribution in [3.05, 3.63) is 27.7 Å². The van der Waals surface area contributed by atoms with E-state index < -0.39 is 0 Å². The molecule has 0 aliphatic rings. The number of aryl methyl sites for hydroxylation is 2. The van der Waals surface area contributed by atoms with Crippen molar-refractivity contribution in [2.24, 2.45) is 0 Å². The zero-order chi connectivity index (χ0) is 15.4. The summed E-state index contributed by atoms with van der Waals surface area (Å²) in [6, 6.07) is 2.05. The van der Waals surface area contributed by atoms with Crippen LogP contribution in [0, 0.1) is 13.8 Å². The smallest absolute Gasteiger partial charge is 0.261 e. The molecule has 0 aliphatic carbocycles. The Morgan fingerprint density at radius 2 is 2.00 bits per heavy atom. The lowest BCUT2D eigenvalue weighted by Crippen LogP contribution is -2.24. The van der Waals surface area contributed by atoms with Crippen LogP contribution in [-0.2, 0) is 6.54 Å². The summed E-state index contributed by atoms with van der Waals surface area (Å²) in [4.78, 5) is 12.7. The van der Waals surface area contributed by atoms with E-state index in [-0.39, 0.29) is 5.56 Å². The number of anilines is 1. The van der Waals surface area contributed by atoms with Gasteiger partial charge in [0.25, 0.3) is 5.56 Å². The summed E-state index contributed by atoms with van der Waals surface area (Å²) >= 11 is 1.44. The summed E-state index contributed by atoms with van der Waals surface area (Å²) in [5, 5.41) is 13.0. The monoisotopic (exact) mass is 306 g/mol. The van der Waals surface area contributed by atoms with Crippen molar-refractivity contribution in [3.8, 4) is 10.6 Å². The van der Waals surface area contributed by atoms with Crippen LogP contribution < -0.4 is 10.9 Å². The molecule has 0 saturated heterocycles. The highest BCUT2D eigenvalue weighted by Gasteiger charge is 2.16. The molecule has 2 rings (SSSR count). The molecule has 0 amide bonds. The Labute approximate surface area is 129 Å². The molecule has 6 heteroatoms. The first kappa shape index (κ1) is 15.7. The van der Waals surface area contributed by atoms with E-state index in [4.69, 9.17) is 0 Å². The molecule has 21 heavy (non-hydrogen) atoms. The number of hydrogen-bond donors (Lipinski definition) is 1. The number of nitrogens with zero attached hydrogens (tertiary/aromatic N) is 3. The normalized spacial score (nSPS) is 10.9. The standard InChI is InChI=1S/C15H22N4OS/c1-5-7-16-15-18-17-13(21-15)12-10(3)9-11(4)19(8-6-2)14(12)20/h9H,5-8H2,1-4H3,(H,16,18). The van der Waals surface area contributed by atoms with Crippen molar-refractivity contribution in [3.63, 3.8) is 0 Å². The summed E-state index contributed by atoms with van der Waals surface area (Å²) < 4.78 is 1.82. The predicted molar refractivity (Wildman–Crippen MR) is 88.2 cm³/mol. The molecular formula is C15H22N4OS. The van der Waals surface area contributed by atoms with E-state index in [2.05, 4.69) is 29.4 Å². The van der Waals surface area contributed by atoms with E-state index in [0.717, 1.165) is 42.3 Å². The highest BCUT2D eigenvalue weighted by Crippen LogP contribution is 2.26. The Hall–Kier alpha value is -1.69. The Morgan fingerprint density at radius 3 is 2.67 bits per heavy atom. The minimum absolute atomic E-state index is 0.0348. The SMILES string of the molecule is CCCNc1nnc(-c2c(C)cc(C)n(CCC)c2=O)s1. The number of nitrogens with one attached hydrogen (secondary N) is 1. The van der Waals surface area contributed by atoms with Gasteiger partial charge in [0, 0.05) is 18.8 Å². The number of hydrogen-bond acceptors (Lipinski definition) is 5. The molecule has 0 unspecified atom stereocenters. The lowest BCUT2D eigenvalue weighted by atomic mass is 10.1. The highest BCUT2D eigenvalue weighted by molar-refractivity contribution is 7.18. The summed E-state index contributed by atoms with van der Waals surface area (Å²) in [7, 11) is 0. The molecule has 0 spiro atoms. The average molecular weight is 306 g/mol. The molecule has 1 N–H and O–H groups in total. The Balaban J connectivity index is 2.46. The van der Waals surface area contributed by atoms with Gasteiger partial charge in [-0.3, -0.25) is 4.79 Å². The topological polar surface area (TPSA) is 59.8 Å². The van der Waals surface area contributed by atoms with Gasteiger partial charge in [-0.25, -0.2) is 0 Å². The number of rotatable bonds is 6. The van der Waals surface area contributed by atoms with Gasteiger partial charge in [-0.2, -0.15) is 0 Å². The van der Waals surface area contributed by atoms with Gasteiger partial charge in [-0.1, -0.05) is 25.2 Å². The van der Waals surface area contributed by atoms with Gasteiger partial charge < -0.3 is 9.88 Å². The van der Waals surface area contributed by atoms with Crippen LogP contribution in [-0.4, -0.2) is 21.3 Å². The van der Waals surface area contributed by atoms with Gasteiger partial charge in [0.2, 0.25) is 5.13 Å². The maximum absolute atomic E-state index is 12.7. The van der Waals surface area contributed by atoms with Crippen LogP contribution in [0.15, 0.2) is 10.9 Å². The first-order valence-corrected chi connectivity index (χ1v) is 8.18. The third-order valence-electron chi connectivity index (χ3n) is 3.32. The quantitative estimate of drug-likeness (QED) is 0.890. The Kier molecular flexibility index (Phi) is 5.12. The molecule has 0 saturated carbocycles. The average Bonchev–Trinajstić information content (AvgIpc) is 2.89. The lowest BCUT2D eigenvalue weighted by Gasteiger charge is -2.12. The number of aromatic nitrogens is 3. The fourth-order valence-electron chi connectivity index (χ4n) is 2.32. The van der Waals surface area contributed by atoms with Gasteiger partial charge in [-0.05, 0) is 38.3 Å². The van der Waals surface area contributed by atoms with E-state index in [1.807, 2.05) is 24.5 Å². The van der Waals surface area contributed by atoms with Crippen molar-refractivity contribution in [2.45, 2.75) is 47.1 Å². The molecule has 2 aromatic heterocycles. The van der Waals surface area contributed by atoms with Gasteiger partial charge in [0.1, 0.15) is 0 Å². The van der Waals surface area contributed by atoms with Gasteiger partial charge in [0.05, 0.1) is 5.56 Å². The maximum Gasteiger partial charge on any atom is 0.261 e. The molecule has 0 radical (unpaired) electrons. The molecule has 2 heterocycles. The van der Waals surface area contributed by atoms with Crippen LogP contribution >= 0.6 is 11.3 Å². The zero-order valence-electron chi connectivity index (χ0n) is 13.1. The third-order valence-corrected chi connectivity index (χ3v) is 4.22. The van der Waals surface area contributed by atoms with E-state index in [1.165, 1.54) is 11.3 Å². The highest BCUT2D eigenvalue weighted by atomic mass is 32.1. The fraction of sp³-hybridized carbons (Fsp3) is 0.533. The Bertz CT molecular complexity index is 675. The first-order valence-electron chi connectivity index (χ1n) is 7.37. The molecule has 0 bridgehead atoms. The van der Waals surface area contributed by atoms with E-state index in [1.54, 1.807) is 0 Å². The molecular weight excluding hydrogens is 284 g/mol. The van der Waals surface area contributed by atoms with Crippen molar-refractivity contribution in [2.75, 3.05) is 11.9 Å².